The highest BCUT2D eigenvalue weighted by atomic mass is 35.5. The van der Waals surface area contributed by atoms with Crippen LogP contribution in [0.3, 0.4) is 0 Å². The zero-order chi connectivity index (χ0) is 15.7. The predicted octanol–water partition coefficient (Wildman–Crippen LogP) is 2.09. The molecule has 0 saturated heterocycles. The van der Waals surface area contributed by atoms with Crippen molar-refractivity contribution in [1.29, 1.82) is 0 Å². The Bertz CT molecular complexity index is 806. The molecule has 0 radical (unpaired) electrons. The largest absolute Gasteiger partial charge is 0.374 e. The van der Waals surface area contributed by atoms with E-state index in [4.69, 9.17) is 17.1 Å². The Labute approximate surface area is 128 Å². The van der Waals surface area contributed by atoms with Crippen LogP contribution < -0.4 is 0 Å². The maximum Gasteiger partial charge on any atom is 0.374 e. The minimum Gasteiger partial charge on any atom is -0.361 e. The normalized spacial score (nSPS) is 16.6. The fraction of sp³-hybridized carbons (Fsp3) is 0.417. The molecule has 1 aromatic rings. The van der Waals surface area contributed by atoms with Crippen molar-refractivity contribution in [3.8, 4) is 0 Å². The van der Waals surface area contributed by atoms with Crippen molar-refractivity contribution in [2.45, 2.75) is 40.7 Å². The van der Waals surface area contributed by atoms with Crippen LogP contribution in [-0.2, 0) is 19.7 Å². The van der Waals surface area contributed by atoms with Gasteiger partial charge in [0.1, 0.15) is 0 Å². The molecule has 114 valence electrons. The SMILES string of the molecule is [N-]=[N+]=CS(=O)(=O)c1cccc(S(=O)(=O)C2CCCC2)c1Cl. The van der Waals surface area contributed by atoms with E-state index in [2.05, 4.69) is 4.79 Å². The van der Waals surface area contributed by atoms with E-state index in [1.165, 1.54) is 18.2 Å². The molecule has 0 aliphatic heterocycles. The molecule has 0 aromatic heterocycles. The summed E-state index contributed by atoms with van der Waals surface area (Å²) < 4.78 is 48.8. The molecule has 21 heavy (non-hydrogen) atoms. The van der Waals surface area contributed by atoms with Crippen molar-refractivity contribution in [3.05, 3.63) is 28.8 Å². The van der Waals surface area contributed by atoms with Gasteiger partial charge in [-0.15, -0.1) is 0 Å². The molecular formula is C12H13ClN2O4S2. The van der Waals surface area contributed by atoms with Crippen LogP contribution >= 0.6 is 11.6 Å². The van der Waals surface area contributed by atoms with Gasteiger partial charge in [0.2, 0.25) is 0 Å². The molecule has 0 N–H and O–H groups in total. The van der Waals surface area contributed by atoms with E-state index in [-0.39, 0.29) is 14.8 Å². The van der Waals surface area contributed by atoms with E-state index in [1.54, 1.807) is 0 Å². The molecule has 0 unspecified atom stereocenters. The highest BCUT2D eigenvalue weighted by Crippen LogP contribution is 2.35. The summed E-state index contributed by atoms with van der Waals surface area (Å²) >= 11 is 5.99. The van der Waals surface area contributed by atoms with Crippen LogP contribution in [0.15, 0.2) is 28.0 Å². The maximum atomic E-state index is 12.5. The van der Waals surface area contributed by atoms with Gasteiger partial charge in [-0.1, -0.05) is 30.5 Å². The maximum absolute atomic E-state index is 12.5. The van der Waals surface area contributed by atoms with Gasteiger partial charge in [-0.05, 0) is 25.0 Å². The first-order valence-electron chi connectivity index (χ1n) is 6.25. The third-order valence-corrected chi connectivity index (χ3v) is 7.73. The molecular weight excluding hydrogens is 336 g/mol. The summed E-state index contributed by atoms with van der Waals surface area (Å²) in [7, 11) is -7.76. The zero-order valence-electron chi connectivity index (χ0n) is 10.9. The standard InChI is InChI=1S/C12H13ClN2O4S2/c13-12-10(20(16,17)8-15-14)6-3-7-11(12)21(18,19)9-4-1-2-5-9/h3,6-9H,1-2,4-5H2. The summed E-state index contributed by atoms with van der Waals surface area (Å²) in [5.74, 6) is 0. The van der Waals surface area contributed by atoms with E-state index in [1.807, 2.05) is 0 Å². The third-order valence-electron chi connectivity index (χ3n) is 3.47. The Morgan fingerprint density at radius 1 is 1.14 bits per heavy atom. The molecule has 9 heteroatoms. The van der Waals surface area contributed by atoms with Gasteiger partial charge in [0.05, 0.1) is 20.1 Å². The molecule has 0 heterocycles. The molecule has 0 atom stereocenters. The number of hydrogen-bond acceptors (Lipinski definition) is 4. The summed E-state index contributed by atoms with van der Waals surface area (Å²) in [5, 5.41) is -0.885. The summed E-state index contributed by atoms with van der Waals surface area (Å²) in [6, 6.07) is 3.78. The van der Waals surface area contributed by atoms with E-state index in [9.17, 15) is 16.8 Å². The van der Waals surface area contributed by atoms with Crippen LogP contribution in [0.1, 0.15) is 25.7 Å². The second-order valence-electron chi connectivity index (χ2n) is 4.79. The third kappa shape index (κ3) is 3.03. The first kappa shape index (κ1) is 16.2. The molecule has 0 bridgehead atoms. The van der Waals surface area contributed by atoms with Gasteiger partial charge in [0.25, 0.3) is 9.84 Å². The van der Waals surface area contributed by atoms with Crippen LogP contribution in [-0.4, -0.2) is 32.4 Å². The van der Waals surface area contributed by atoms with Crippen LogP contribution in [0.25, 0.3) is 5.53 Å². The molecule has 1 aliphatic carbocycles. The summed E-state index contributed by atoms with van der Waals surface area (Å²) in [6.07, 6.45) is 2.76. The van der Waals surface area contributed by atoms with Crippen molar-refractivity contribution in [3.63, 3.8) is 0 Å². The number of halogens is 1. The lowest BCUT2D eigenvalue weighted by molar-refractivity contribution is 0.00753. The fourth-order valence-corrected chi connectivity index (χ4v) is 6.07. The molecule has 1 aliphatic rings. The number of hydrogen-bond donors (Lipinski definition) is 0. The summed E-state index contributed by atoms with van der Waals surface area (Å²) in [6.45, 7) is 0. The number of rotatable bonds is 4. The smallest absolute Gasteiger partial charge is 0.361 e. The number of nitrogens with zero attached hydrogens (tertiary/aromatic N) is 2. The van der Waals surface area contributed by atoms with E-state index >= 15 is 0 Å². The average Bonchev–Trinajstić information content (AvgIpc) is 2.92. The van der Waals surface area contributed by atoms with Crippen LogP contribution in [0, 0.1) is 0 Å². The lowest BCUT2D eigenvalue weighted by Crippen LogP contribution is -2.19. The van der Waals surface area contributed by atoms with Crippen molar-refractivity contribution in [1.82, 2.24) is 0 Å². The lowest BCUT2D eigenvalue weighted by atomic mass is 10.3. The average molecular weight is 349 g/mol. The number of benzene rings is 1. The second-order valence-corrected chi connectivity index (χ2v) is 9.10. The van der Waals surface area contributed by atoms with Gasteiger partial charge in [-0.2, -0.15) is 4.79 Å². The van der Waals surface area contributed by atoms with Crippen LogP contribution in [0.4, 0.5) is 0 Å². The van der Waals surface area contributed by atoms with Crippen molar-refractivity contribution in [2.24, 2.45) is 0 Å². The summed E-state index contributed by atoms with van der Waals surface area (Å²) in [5.41, 5.74) is 8.70. The van der Waals surface area contributed by atoms with Gasteiger partial charge in [0.15, 0.2) is 9.84 Å². The zero-order valence-corrected chi connectivity index (χ0v) is 13.3. The van der Waals surface area contributed by atoms with E-state index in [0.717, 1.165) is 12.8 Å². The Hall–Kier alpha value is -1.21. The molecule has 1 fully saturated rings. The monoisotopic (exact) mass is 348 g/mol. The molecule has 2 rings (SSSR count). The second kappa shape index (κ2) is 5.88. The molecule has 0 amide bonds. The lowest BCUT2D eigenvalue weighted by Gasteiger charge is -2.13. The van der Waals surface area contributed by atoms with Gasteiger partial charge < -0.3 is 5.53 Å². The minimum atomic E-state index is -4.09. The van der Waals surface area contributed by atoms with Gasteiger partial charge in [-0.25, -0.2) is 16.8 Å². The number of sulfone groups is 2. The first-order valence-corrected chi connectivity index (χ1v) is 9.72. The van der Waals surface area contributed by atoms with Crippen LogP contribution in [0.5, 0.6) is 0 Å². The predicted molar refractivity (Wildman–Crippen MR) is 77.8 cm³/mol. The van der Waals surface area contributed by atoms with Gasteiger partial charge >= 0.3 is 5.55 Å². The van der Waals surface area contributed by atoms with E-state index < -0.39 is 24.9 Å². The van der Waals surface area contributed by atoms with Gasteiger partial charge in [-0.3, -0.25) is 0 Å². The summed E-state index contributed by atoms with van der Waals surface area (Å²) in [4.78, 5) is 1.89. The van der Waals surface area contributed by atoms with Crippen molar-refractivity contribution in [2.75, 3.05) is 0 Å². The van der Waals surface area contributed by atoms with Crippen LogP contribution in [0.2, 0.25) is 5.02 Å². The molecule has 6 nitrogen and oxygen atoms in total. The Morgan fingerprint density at radius 3 is 2.29 bits per heavy atom. The first-order chi connectivity index (χ1) is 9.80. The highest BCUT2D eigenvalue weighted by molar-refractivity contribution is 8.04. The topological polar surface area (TPSA) is 105 Å². The van der Waals surface area contributed by atoms with Crippen molar-refractivity contribution < 1.29 is 21.6 Å². The Balaban J connectivity index is 2.60. The Morgan fingerprint density at radius 2 is 1.71 bits per heavy atom. The fourth-order valence-electron chi connectivity index (χ4n) is 2.43. The van der Waals surface area contributed by atoms with E-state index in [0.29, 0.717) is 18.4 Å². The molecule has 1 aromatic carbocycles. The van der Waals surface area contributed by atoms with Gasteiger partial charge in [0, 0.05) is 0 Å². The molecule has 0 spiro atoms. The molecule has 1 saturated carbocycles. The van der Waals surface area contributed by atoms with Crippen molar-refractivity contribution >= 4 is 36.8 Å². The minimum absolute atomic E-state index is 0.191. The quantitative estimate of drug-likeness (QED) is 0.359. The Kier molecular flexibility index (Phi) is 4.53. The highest BCUT2D eigenvalue weighted by Gasteiger charge is 2.34.